The van der Waals surface area contributed by atoms with Gasteiger partial charge in [0, 0.05) is 0 Å². The van der Waals surface area contributed by atoms with Crippen LogP contribution in [-0.4, -0.2) is 16.4 Å². The highest BCUT2D eigenvalue weighted by atomic mass is 35.5. The maximum atomic E-state index is 6.13. The van der Waals surface area contributed by atoms with Gasteiger partial charge in [-0.25, -0.2) is 0 Å². The minimum absolute atomic E-state index is 0. The highest BCUT2D eigenvalue weighted by molar-refractivity contribution is 7.98. The van der Waals surface area contributed by atoms with Gasteiger partial charge in [0.05, 0.1) is 5.54 Å². The highest BCUT2D eigenvalue weighted by Gasteiger charge is 2.39. The smallest absolute Gasteiger partial charge is 0.293 e. The van der Waals surface area contributed by atoms with Crippen molar-refractivity contribution in [2.45, 2.75) is 29.9 Å². The summed E-state index contributed by atoms with van der Waals surface area (Å²) in [4.78, 5) is 4.32. The van der Waals surface area contributed by atoms with Gasteiger partial charge in [0.15, 0.2) is 16.7 Å². The minimum atomic E-state index is -0.392. The number of rotatable bonds is 3. The zero-order valence-electron chi connectivity index (χ0n) is 9.88. The molecule has 18 heavy (non-hydrogen) atoms. The molecular formula is C11H14ClN3O2S. The summed E-state index contributed by atoms with van der Waals surface area (Å²) in [5.74, 6) is 1.58. The van der Waals surface area contributed by atoms with E-state index in [9.17, 15) is 0 Å². The van der Waals surface area contributed by atoms with Crippen molar-refractivity contribution in [3.63, 3.8) is 0 Å². The molecule has 7 heteroatoms. The number of furan rings is 1. The first-order valence-electron chi connectivity index (χ1n) is 5.48. The van der Waals surface area contributed by atoms with Gasteiger partial charge in [-0.3, -0.25) is 0 Å². The number of nitrogens with two attached hydrogens (primary N) is 1. The first-order valence-corrected chi connectivity index (χ1v) is 6.71. The van der Waals surface area contributed by atoms with Crippen LogP contribution in [0.3, 0.4) is 0 Å². The molecule has 1 saturated carbocycles. The molecule has 2 N–H and O–H groups in total. The van der Waals surface area contributed by atoms with Crippen LogP contribution in [0.2, 0.25) is 0 Å². The molecule has 2 heterocycles. The van der Waals surface area contributed by atoms with Gasteiger partial charge < -0.3 is 14.7 Å². The van der Waals surface area contributed by atoms with E-state index < -0.39 is 5.54 Å². The van der Waals surface area contributed by atoms with Crippen molar-refractivity contribution in [2.24, 2.45) is 5.73 Å². The Labute approximate surface area is 115 Å². The van der Waals surface area contributed by atoms with E-state index in [2.05, 4.69) is 10.1 Å². The van der Waals surface area contributed by atoms with Gasteiger partial charge in [-0.05, 0) is 37.7 Å². The van der Waals surface area contributed by atoms with Crippen LogP contribution in [0.4, 0.5) is 0 Å². The molecule has 0 saturated heterocycles. The fourth-order valence-electron chi connectivity index (χ4n) is 1.85. The van der Waals surface area contributed by atoms with Crippen LogP contribution in [0, 0.1) is 0 Å². The molecule has 0 spiro atoms. The molecule has 0 amide bonds. The van der Waals surface area contributed by atoms with E-state index in [0.717, 1.165) is 24.4 Å². The number of halogens is 1. The van der Waals surface area contributed by atoms with E-state index >= 15 is 0 Å². The lowest BCUT2D eigenvalue weighted by Crippen LogP contribution is -2.44. The Bertz CT molecular complexity index is 536. The van der Waals surface area contributed by atoms with Gasteiger partial charge in [0.25, 0.3) is 5.89 Å². The summed E-state index contributed by atoms with van der Waals surface area (Å²) in [6.45, 7) is 0. The van der Waals surface area contributed by atoms with Crippen molar-refractivity contribution >= 4 is 24.2 Å². The number of hydrogen-bond acceptors (Lipinski definition) is 6. The fraction of sp³-hybridized carbons (Fsp3) is 0.455. The minimum Gasteiger partial charge on any atom is -0.445 e. The molecular weight excluding hydrogens is 274 g/mol. The standard InChI is InChI=1S/C11H13N3O2S.ClH/c1-17-8-4-3-7(15-8)9-13-10(14-16-9)11(12)5-2-6-11;/h3-4H,2,5-6,12H2,1H3;1H. The van der Waals surface area contributed by atoms with E-state index in [1.807, 2.05) is 18.4 Å². The molecule has 2 aromatic heterocycles. The molecule has 1 aliphatic rings. The fourth-order valence-corrected chi connectivity index (χ4v) is 2.23. The highest BCUT2D eigenvalue weighted by Crippen LogP contribution is 2.37. The van der Waals surface area contributed by atoms with E-state index in [1.165, 1.54) is 11.8 Å². The monoisotopic (exact) mass is 287 g/mol. The summed E-state index contributed by atoms with van der Waals surface area (Å²) in [6.07, 6.45) is 4.91. The Morgan fingerprint density at radius 1 is 1.39 bits per heavy atom. The normalized spacial score (nSPS) is 17.0. The molecule has 0 radical (unpaired) electrons. The third-order valence-corrected chi connectivity index (χ3v) is 3.73. The number of aromatic nitrogens is 2. The van der Waals surface area contributed by atoms with Crippen molar-refractivity contribution in [1.29, 1.82) is 0 Å². The van der Waals surface area contributed by atoms with E-state index in [1.54, 1.807) is 0 Å². The molecule has 2 aromatic rings. The molecule has 5 nitrogen and oxygen atoms in total. The first kappa shape index (κ1) is 13.5. The second-order valence-electron chi connectivity index (χ2n) is 4.26. The molecule has 98 valence electrons. The second kappa shape index (κ2) is 4.95. The molecule has 0 aliphatic heterocycles. The quantitative estimate of drug-likeness (QED) is 0.875. The molecule has 1 fully saturated rings. The van der Waals surface area contributed by atoms with Crippen LogP contribution in [0.1, 0.15) is 25.1 Å². The van der Waals surface area contributed by atoms with Gasteiger partial charge in [-0.15, -0.1) is 12.4 Å². The Morgan fingerprint density at radius 2 is 2.17 bits per heavy atom. The lowest BCUT2D eigenvalue weighted by molar-refractivity contribution is 0.229. The number of nitrogens with zero attached hydrogens (tertiary/aromatic N) is 2. The maximum absolute atomic E-state index is 6.13. The molecule has 0 atom stereocenters. The topological polar surface area (TPSA) is 78.1 Å². The van der Waals surface area contributed by atoms with Crippen LogP contribution in [0.15, 0.2) is 26.2 Å². The SMILES string of the molecule is CSc1ccc(-c2nc(C3(N)CCC3)no2)o1.Cl. The van der Waals surface area contributed by atoms with Crippen LogP contribution >= 0.6 is 24.2 Å². The summed E-state index contributed by atoms with van der Waals surface area (Å²) in [6, 6.07) is 3.71. The Balaban J connectivity index is 0.00000120. The second-order valence-corrected chi connectivity index (χ2v) is 5.07. The third-order valence-electron chi connectivity index (χ3n) is 3.11. The summed E-state index contributed by atoms with van der Waals surface area (Å²) in [5, 5.41) is 4.77. The summed E-state index contributed by atoms with van der Waals surface area (Å²) in [5.41, 5.74) is 5.74. The van der Waals surface area contributed by atoms with Crippen LogP contribution < -0.4 is 5.73 Å². The summed E-state index contributed by atoms with van der Waals surface area (Å²) in [7, 11) is 0. The van der Waals surface area contributed by atoms with Gasteiger partial charge in [0.1, 0.15) is 0 Å². The van der Waals surface area contributed by atoms with Crippen LogP contribution in [0.25, 0.3) is 11.7 Å². The van der Waals surface area contributed by atoms with Crippen molar-refractivity contribution in [2.75, 3.05) is 6.26 Å². The lowest BCUT2D eigenvalue weighted by Gasteiger charge is -2.34. The Hall–Kier alpha value is -0.980. The van der Waals surface area contributed by atoms with Crippen molar-refractivity contribution < 1.29 is 8.94 Å². The third kappa shape index (κ3) is 2.15. The van der Waals surface area contributed by atoms with E-state index in [0.29, 0.717) is 17.5 Å². The number of thioether (sulfide) groups is 1. The molecule has 0 unspecified atom stereocenters. The van der Waals surface area contributed by atoms with Gasteiger partial charge in [0.2, 0.25) is 0 Å². The Kier molecular flexibility index (Phi) is 3.70. The van der Waals surface area contributed by atoms with Crippen LogP contribution in [0.5, 0.6) is 0 Å². The average Bonchev–Trinajstić information content (AvgIpc) is 2.94. The van der Waals surface area contributed by atoms with Crippen molar-refractivity contribution in [3.8, 4) is 11.7 Å². The van der Waals surface area contributed by atoms with E-state index in [4.69, 9.17) is 14.7 Å². The summed E-state index contributed by atoms with van der Waals surface area (Å²) < 4.78 is 10.7. The van der Waals surface area contributed by atoms with Crippen LogP contribution in [-0.2, 0) is 5.54 Å². The molecule has 3 rings (SSSR count). The lowest BCUT2D eigenvalue weighted by atomic mass is 9.77. The Morgan fingerprint density at radius 3 is 2.72 bits per heavy atom. The number of hydrogen-bond donors (Lipinski definition) is 1. The molecule has 0 aromatic carbocycles. The zero-order valence-corrected chi connectivity index (χ0v) is 11.5. The van der Waals surface area contributed by atoms with Crippen molar-refractivity contribution in [3.05, 3.63) is 18.0 Å². The largest absolute Gasteiger partial charge is 0.445 e. The summed E-state index contributed by atoms with van der Waals surface area (Å²) >= 11 is 1.53. The van der Waals surface area contributed by atoms with Crippen molar-refractivity contribution in [1.82, 2.24) is 10.1 Å². The predicted octanol–water partition coefficient (Wildman–Crippen LogP) is 2.81. The molecule has 0 bridgehead atoms. The maximum Gasteiger partial charge on any atom is 0.293 e. The zero-order chi connectivity index (χ0) is 11.9. The predicted molar refractivity (Wildman–Crippen MR) is 70.7 cm³/mol. The van der Waals surface area contributed by atoms with Gasteiger partial charge in [-0.1, -0.05) is 16.9 Å². The molecule has 1 aliphatic carbocycles. The van der Waals surface area contributed by atoms with Gasteiger partial charge >= 0.3 is 0 Å². The first-order chi connectivity index (χ1) is 8.21. The average molecular weight is 288 g/mol. The van der Waals surface area contributed by atoms with E-state index in [-0.39, 0.29) is 12.4 Å². The van der Waals surface area contributed by atoms with Gasteiger partial charge in [-0.2, -0.15) is 4.98 Å².